The molecule has 3 amide bonds. The monoisotopic (exact) mass is 333 g/mol. The largest absolute Gasteiger partial charge is 0.481 e. The van der Waals surface area contributed by atoms with Crippen molar-refractivity contribution in [2.75, 3.05) is 18.4 Å². The van der Waals surface area contributed by atoms with E-state index in [2.05, 4.69) is 10.6 Å². The predicted molar refractivity (Wildman–Crippen MR) is 90.0 cm³/mol. The molecular weight excluding hydrogens is 310 g/mol. The van der Waals surface area contributed by atoms with E-state index in [0.29, 0.717) is 30.6 Å². The molecule has 1 fully saturated rings. The third-order valence-corrected chi connectivity index (χ3v) is 3.88. The van der Waals surface area contributed by atoms with Gasteiger partial charge in [-0.2, -0.15) is 0 Å². The number of hydrogen-bond acceptors (Lipinski definition) is 3. The molecule has 7 heteroatoms. The first-order valence-electron chi connectivity index (χ1n) is 8.07. The Morgan fingerprint density at radius 2 is 1.96 bits per heavy atom. The van der Waals surface area contributed by atoms with Gasteiger partial charge in [0.25, 0.3) is 5.91 Å². The number of piperidine rings is 1. The third kappa shape index (κ3) is 4.47. The van der Waals surface area contributed by atoms with Crippen LogP contribution in [0.15, 0.2) is 24.3 Å². The number of likely N-dealkylation sites (tertiary alicyclic amines) is 1. The molecular formula is C17H23N3O4. The molecule has 7 nitrogen and oxygen atoms in total. The lowest BCUT2D eigenvalue weighted by Crippen LogP contribution is -2.42. The van der Waals surface area contributed by atoms with E-state index in [1.807, 2.05) is 13.8 Å². The van der Waals surface area contributed by atoms with E-state index in [0.717, 1.165) is 0 Å². The number of benzene rings is 1. The Hall–Kier alpha value is -2.57. The van der Waals surface area contributed by atoms with Crippen LogP contribution in [0.25, 0.3) is 0 Å². The molecule has 24 heavy (non-hydrogen) atoms. The quantitative estimate of drug-likeness (QED) is 0.786. The van der Waals surface area contributed by atoms with Crippen molar-refractivity contribution in [3.05, 3.63) is 29.8 Å². The number of nitrogens with zero attached hydrogens (tertiary/aromatic N) is 1. The second kappa shape index (κ2) is 7.81. The average Bonchev–Trinajstić information content (AvgIpc) is 2.54. The summed E-state index contributed by atoms with van der Waals surface area (Å²) in [6.45, 7) is 4.41. The highest BCUT2D eigenvalue weighted by Crippen LogP contribution is 2.22. The van der Waals surface area contributed by atoms with Gasteiger partial charge in [0.2, 0.25) is 0 Å². The number of rotatable bonds is 4. The number of urea groups is 1. The Morgan fingerprint density at radius 1 is 1.25 bits per heavy atom. The highest BCUT2D eigenvalue weighted by molar-refractivity contribution is 6.03. The highest BCUT2D eigenvalue weighted by atomic mass is 16.4. The number of carboxylic acids is 1. The van der Waals surface area contributed by atoms with Gasteiger partial charge in [-0.25, -0.2) is 4.79 Å². The molecule has 3 N–H and O–H groups in total. The Labute approximate surface area is 141 Å². The molecule has 0 radical (unpaired) electrons. The molecule has 1 aromatic carbocycles. The van der Waals surface area contributed by atoms with Crippen LogP contribution in [0.3, 0.4) is 0 Å². The lowest BCUT2D eigenvalue weighted by Gasteiger charge is -2.31. The van der Waals surface area contributed by atoms with E-state index in [9.17, 15) is 14.4 Å². The summed E-state index contributed by atoms with van der Waals surface area (Å²) in [7, 11) is 0. The van der Waals surface area contributed by atoms with E-state index < -0.39 is 11.9 Å². The molecule has 0 saturated carbocycles. The fourth-order valence-electron chi connectivity index (χ4n) is 2.73. The second-order valence-corrected chi connectivity index (χ2v) is 6.23. The van der Waals surface area contributed by atoms with Crippen LogP contribution in [0.2, 0.25) is 0 Å². The summed E-state index contributed by atoms with van der Waals surface area (Å²) in [6, 6.07) is 6.34. The number of carboxylic acid groups (broad SMARTS) is 1. The normalized spacial score (nSPS) is 17.5. The summed E-state index contributed by atoms with van der Waals surface area (Å²) in [5, 5.41) is 14.6. The van der Waals surface area contributed by atoms with Crippen LogP contribution in [0.4, 0.5) is 10.5 Å². The molecule has 130 valence electrons. The van der Waals surface area contributed by atoms with Crippen LogP contribution < -0.4 is 10.6 Å². The first-order valence-corrected chi connectivity index (χ1v) is 8.07. The summed E-state index contributed by atoms with van der Waals surface area (Å²) in [5.74, 6) is -1.68. The van der Waals surface area contributed by atoms with Crippen molar-refractivity contribution in [1.82, 2.24) is 10.2 Å². The van der Waals surface area contributed by atoms with Crippen molar-refractivity contribution in [2.45, 2.75) is 32.7 Å². The maximum atomic E-state index is 12.8. The van der Waals surface area contributed by atoms with Gasteiger partial charge in [-0.3, -0.25) is 9.59 Å². The van der Waals surface area contributed by atoms with Crippen LogP contribution in [0.5, 0.6) is 0 Å². The zero-order chi connectivity index (χ0) is 17.7. The van der Waals surface area contributed by atoms with Gasteiger partial charge in [0.05, 0.1) is 17.2 Å². The second-order valence-electron chi connectivity index (χ2n) is 6.23. The van der Waals surface area contributed by atoms with Crippen LogP contribution in [0, 0.1) is 5.92 Å². The number of carbonyl (C=O) groups is 3. The fourth-order valence-corrected chi connectivity index (χ4v) is 2.73. The molecule has 1 unspecified atom stereocenters. The third-order valence-electron chi connectivity index (χ3n) is 3.88. The summed E-state index contributed by atoms with van der Waals surface area (Å²) in [6.07, 6.45) is 1.24. The minimum absolute atomic E-state index is 0.0220. The zero-order valence-electron chi connectivity index (χ0n) is 13.9. The van der Waals surface area contributed by atoms with Gasteiger partial charge in [0.1, 0.15) is 0 Å². The van der Waals surface area contributed by atoms with Crippen molar-refractivity contribution in [3.63, 3.8) is 0 Å². The topological polar surface area (TPSA) is 98.7 Å². The van der Waals surface area contributed by atoms with Crippen molar-refractivity contribution < 1.29 is 19.5 Å². The summed E-state index contributed by atoms with van der Waals surface area (Å²) >= 11 is 0. The Balaban J connectivity index is 2.14. The Bertz CT molecular complexity index is 630. The van der Waals surface area contributed by atoms with Crippen LogP contribution in [-0.2, 0) is 4.79 Å². The molecule has 2 rings (SSSR count). The number of amides is 3. The van der Waals surface area contributed by atoms with Gasteiger partial charge in [-0.15, -0.1) is 0 Å². The molecule has 1 heterocycles. The standard InChI is InChI=1S/C17H23N3O4/c1-11(2)18-17(24)19-14-8-4-3-7-13(14)15(21)20-9-5-6-12(10-20)16(22)23/h3-4,7-8,11-12H,5-6,9-10H2,1-2H3,(H,22,23)(H2,18,19,24). The highest BCUT2D eigenvalue weighted by Gasteiger charge is 2.29. The first kappa shape index (κ1) is 17.8. The van der Waals surface area contributed by atoms with Gasteiger partial charge < -0.3 is 20.6 Å². The average molecular weight is 333 g/mol. The molecule has 1 aliphatic heterocycles. The minimum Gasteiger partial charge on any atom is -0.481 e. The molecule has 0 bridgehead atoms. The molecule has 1 atom stereocenters. The summed E-state index contributed by atoms with van der Waals surface area (Å²) < 4.78 is 0. The fraction of sp³-hybridized carbons (Fsp3) is 0.471. The van der Waals surface area contributed by atoms with Crippen molar-refractivity contribution in [1.29, 1.82) is 0 Å². The van der Waals surface area contributed by atoms with E-state index in [-0.39, 0.29) is 24.5 Å². The molecule has 0 aromatic heterocycles. The van der Waals surface area contributed by atoms with Crippen LogP contribution in [-0.4, -0.2) is 47.0 Å². The van der Waals surface area contributed by atoms with Gasteiger partial charge in [-0.05, 0) is 38.8 Å². The summed E-state index contributed by atoms with van der Waals surface area (Å²) in [4.78, 5) is 37.4. The van der Waals surface area contributed by atoms with Gasteiger partial charge in [0.15, 0.2) is 0 Å². The SMILES string of the molecule is CC(C)NC(=O)Nc1ccccc1C(=O)N1CCCC(C(=O)O)C1. The lowest BCUT2D eigenvalue weighted by atomic mass is 9.97. The number of para-hydroxylation sites is 1. The van der Waals surface area contributed by atoms with E-state index in [4.69, 9.17) is 5.11 Å². The smallest absolute Gasteiger partial charge is 0.319 e. The van der Waals surface area contributed by atoms with Crippen molar-refractivity contribution >= 4 is 23.6 Å². The number of hydrogen-bond donors (Lipinski definition) is 3. The zero-order valence-corrected chi connectivity index (χ0v) is 13.9. The maximum absolute atomic E-state index is 12.8. The number of anilines is 1. The van der Waals surface area contributed by atoms with Crippen LogP contribution in [0.1, 0.15) is 37.0 Å². The predicted octanol–water partition coefficient (Wildman–Crippen LogP) is 2.15. The van der Waals surface area contributed by atoms with E-state index >= 15 is 0 Å². The van der Waals surface area contributed by atoms with Gasteiger partial charge in [-0.1, -0.05) is 12.1 Å². The Morgan fingerprint density at radius 3 is 2.62 bits per heavy atom. The first-order chi connectivity index (χ1) is 11.4. The van der Waals surface area contributed by atoms with Crippen molar-refractivity contribution in [3.8, 4) is 0 Å². The van der Waals surface area contributed by atoms with Crippen molar-refractivity contribution in [2.24, 2.45) is 5.92 Å². The molecule has 1 aliphatic rings. The summed E-state index contributed by atoms with van der Waals surface area (Å²) in [5.41, 5.74) is 0.778. The maximum Gasteiger partial charge on any atom is 0.319 e. The van der Waals surface area contributed by atoms with E-state index in [1.54, 1.807) is 29.2 Å². The number of nitrogens with one attached hydrogen (secondary N) is 2. The molecule has 1 saturated heterocycles. The van der Waals surface area contributed by atoms with Gasteiger partial charge in [0, 0.05) is 19.1 Å². The lowest BCUT2D eigenvalue weighted by molar-refractivity contribution is -0.143. The number of carbonyl (C=O) groups excluding carboxylic acids is 2. The molecule has 0 aliphatic carbocycles. The van der Waals surface area contributed by atoms with Crippen LogP contribution >= 0.6 is 0 Å². The minimum atomic E-state index is -0.879. The van der Waals surface area contributed by atoms with E-state index in [1.165, 1.54) is 0 Å². The Kier molecular flexibility index (Phi) is 5.78. The molecule has 0 spiro atoms. The van der Waals surface area contributed by atoms with Gasteiger partial charge >= 0.3 is 12.0 Å². The molecule has 1 aromatic rings. The number of aliphatic carboxylic acids is 1.